The number of aryl methyl sites for hydroxylation is 2. The molecule has 6 nitrogen and oxygen atoms in total. The van der Waals surface area contributed by atoms with E-state index in [9.17, 15) is 9.59 Å². The van der Waals surface area contributed by atoms with Crippen molar-refractivity contribution >= 4 is 81.2 Å². The highest BCUT2D eigenvalue weighted by Gasteiger charge is 2.35. The predicted molar refractivity (Wildman–Crippen MR) is 121 cm³/mol. The first kappa shape index (κ1) is 25.8. The van der Waals surface area contributed by atoms with Gasteiger partial charge in [-0.1, -0.05) is 95.3 Å². The molecule has 2 heterocycles. The second-order valence-corrected chi connectivity index (χ2v) is 11.2. The normalized spacial score (nSPS) is 12.3. The van der Waals surface area contributed by atoms with E-state index >= 15 is 0 Å². The van der Waals surface area contributed by atoms with E-state index in [1.165, 1.54) is 12.4 Å². The van der Waals surface area contributed by atoms with Crippen LogP contribution in [0.15, 0.2) is 24.8 Å². The van der Waals surface area contributed by atoms with Crippen LogP contribution in [0.1, 0.15) is 59.8 Å². The molecule has 166 valence electrons. The molecule has 0 unspecified atom stereocenters. The Hall–Kier alpha value is -0.500. The van der Waals surface area contributed by atoms with Crippen LogP contribution in [0.5, 0.6) is 0 Å². The summed E-state index contributed by atoms with van der Waals surface area (Å²) in [6.07, 6.45) is 12.2. The molecule has 0 fully saturated rings. The minimum absolute atomic E-state index is 0.149. The Balaban J connectivity index is 1.66. The highest BCUT2D eigenvalue weighted by atomic mass is 35.6. The zero-order valence-electron chi connectivity index (χ0n) is 15.8. The molecule has 0 spiro atoms. The van der Waals surface area contributed by atoms with E-state index in [1.807, 2.05) is 0 Å². The zero-order chi connectivity index (χ0) is 22.4. The number of hydrogen-bond acceptors (Lipinski definition) is 4. The lowest BCUT2D eigenvalue weighted by Crippen LogP contribution is -2.23. The third-order valence-corrected chi connectivity index (χ3v) is 5.43. The summed E-state index contributed by atoms with van der Waals surface area (Å²) in [5.74, 6) is -0.972. The van der Waals surface area contributed by atoms with Crippen LogP contribution >= 0.6 is 69.6 Å². The highest BCUT2D eigenvalue weighted by molar-refractivity contribution is 6.77. The molecule has 0 aliphatic heterocycles. The molecule has 0 N–H and O–H groups in total. The molecule has 0 aliphatic rings. The Morgan fingerprint density at radius 3 is 1.33 bits per heavy atom. The maximum absolute atomic E-state index is 12.0. The van der Waals surface area contributed by atoms with Crippen molar-refractivity contribution < 1.29 is 9.59 Å². The molecule has 0 bridgehead atoms. The number of ketones is 2. The van der Waals surface area contributed by atoms with Crippen LogP contribution in [0.25, 0.3) is 0 Å². The zero-order valence-corrected chi connectivity index (χ0v) is 20.4. The van der Waals surface area contributed by atoms with Crippen LogP contribution in [0.4, 0.5) is 0 Å². The summed E-state index contributed by atoms with van der Waals surface area (Å²) in [6.45, 7) is 1.25. The quantitative estimate of drug-likeness (QED) is 0.194. The molecule has 2 aromatic heterocycles. The third kappa shape index (κ3) is 7.57. The summed E-state index contributed by atoms with van der Waals surface area (Å²) in [4.78, 5) is 32.1. The van der Waals surface area contributed by atoms with Crippen molar-refractivity contribution in [3.05, 3.63) is 36.4 Å². The Labute approximate surface area is 204 Å². The molecular weight excluding hydrogens is 517 g/mol. The van der Waals surface area contributed by atoms with Gasteiger partial charge in [-0.05, 0) is 12.8 Å². The molecule has 2 aromatic rings. The summed E-state index contributed by atoms with van der Waals surface area (Å²) in [5, 5.41) is 0. The van der Waals surface area contributed by atoms with Gasteiger partial charge in [0.05, 0.1) is 0 Å². The van der Waals surface area contributed by atoms with E-state index in [0.29, 0.717) is 13.1 Å². The summed E-state index contributed by atoms with van der Waals surface area (Å²) < 4.78 is -0.623. The molecule has 12 heteroatoms. The smallest absolute Gasteiger partial charge is 0.256 e. The van der Waals surface area contributed by atoms with Gasteiger partial charge in [-0.2, -0.15) is 0 Å². The second-order valence-electron chi connectivity index (χ2n) is 6.66. The van der Waals surface area contributed by atoms with Crippen molar-refractivity contribution in [2.24, 2.45) is 0 Å². The number of imidazole rings is 2. The Morgan fingerprint density at radius 1 is 0.667 bits per heavy atom. The van der Waals surface area contributed by atoms with Gasteiger partial charge in [-0.3, -0.25) is 9.59 Å². The summed E-state index contributed by atoms with van der Waals surface area (Å²) in [6, 6.07) is 0. The monoisotopic (exact) mass is 534 g/mol. The SMILES string of the molecule is O=C(c1nccn1CCCCCCCCn1ccnc1C(=O)C(Cl)(Cl)Cl)C(Cl)(Cl)Cl. The molecule has 0 atom stereocenters. The van der Waals surface area contributed by atoms with Gasteiger partial charge in [0.15, 0.2) is 11.6 Å². The number of Topliss-reactive ketones (excluding diaryl/α,β-unsaturated/α-hetero) is 2. The first-order valence-corrected chi connectivity index (χ1v) is 11.5. The molecule has 30 heavy (non-hydrogen) atoms. The largest absolute Gasteiger partial charge is 0.328 e. The van der Waals surface area contributed by atoms with Gasteiger partial charge >= 0.3 is 0 Å². The number of hydrogen-bond donors (Lipinski definition) is 0. The van der Waals surface area contributed by atoms with Gasteiger partial charge in [0.2, 0.25) is 11.6 Å². The fourth-order valence-electron chi connectivity index (χ4n) is 2.92. The fourth-order valence-corrected chi connectivity index (χ4v) is 3.43. The number of halogens is 6. The van der Waals surface area contributed by atoms with E-state index < -0.39 is 19.2 Å². The minimum atomic E-state index is -2.01. The van der Waals surface area contributed by atoms with Crippen molar-refractivity contribution in [3.8, 4) is 0 Å². The van der Waals surface area contributed by atoms with E-state index in [4.69, 9.17) is 69.6 Å². The van der Waals surface area contributed by atoms with Crippen molar-refractivity contribution in [3.63, 3.8) is 0 Å². The van der Waals surface area contributed by atoms with Crippen LogP contribution in [0.3, 0.4) is 0 Å². The van der Waals surface area contributed by atoms with Gasteiger partial charge in [-0.25, -0.2) is 9.97 Å². The molecular formula is C18H20Cl6N4O2. The van der Waals surface area contributed by atoms with Crippen molar-refractivity contribution in [2.75, 3.05) is 0 Å². The van der Waals surface area contributed by atoms with Crippen molar-refractivity contribution in [2.45, 2.75) is 59.2 Å². The van der Waals surface area contributed by atoms with Crippen LogP contribution in [-0.4, -0.2) is 38.3 Å². The number of alkyl halides is 6. The van der Waals surface area contributed by atoms with Gasteiger partial charge in [0, 0.05) is 37.9 Å². The van der Waals surface area contributed by atoms with Crippen molar-refractivity contribution in [1.82, 2.24) is 19.1 Å². The predicted octanol–water partition coefficient (Wildman–Crippen LogP) is 6.23. The molecule has 0 aliphatic carbocycles. The van der Waals surface area contributed by atoms with E-state index in [2.05, 4.69) is 9.97 Å². The molecule has 0 saturated heterocycles. The standard InChI is InChI=1S/C18H20Cl6N4O2/c19-17(20,21)13(29)15-25-7-11-27(15)9-5-3-1-2-4-6-10-28-12-8-26-16(28)14(30)18(22,23)24/h7-8,11-12H,1-6,9-10H2. The van der Waals surface area contributed by atoms with Gasteiger partial charge in [0.1, 0.15) is 0 Å². The van der Waals surface area contributed by atoms with Crippen LogP contribution < -0.4 is 0 Å². The number of unbranched alkanes of at least 4 members (excludes halogenated alkanes) is 5. The fraction of sp³-hybridized carbons (Fsp3) is 0.556. The van der Waals surface area contributed by atoms with Crippen LogP contribution in [-0.2, 0) is 13.1 Å². The first-order valence-electron chi connectivity index (χ1n) is 9.27. The lowest BCUT2D eigenvalue weighted by molar-refractivity contribution is 0.0974. The average Bonchev–Trinajstić information content (AvgIpc) is 3.30. The van der Waals surface area contributed by atoms with E-state index in [0.717, 1.165) is 38.5 Å². The number of nitrogens with zero attached hydrogens (tertiary/aromatic N) is 4. The summed E-state index contributed by atoms with van der Waals surface area (Å²) in [5.41, 5.74) is 0. The number of aromatic nitrogens is 4. The minimum Gasteiger partial charge on any atom is -0.328 e. The van der Waals surface area contributed by atoms with Crippen molar-refractivity contribution in [1.29, 1.82) is 0 Å². The Kier molecular flexibility index (Phi) is 9.78. The first-order chi connectivity index (χ1) is 14.0. The van der Waals surface area contributed by atoms with Gasteiger partial charge < -0.3 is 9.13 Å². The molecule has 2 rings (SSSR count). The second kappa shape index (κ2) is 11.4. The lowest BCUT2D eigenvalue weighted by atomic mass is 10.1. The molecule has 0 radical (unpaired) electrons. The Morgan fingerprint density at radius 2 is 1.00 bits per heavy atom. The number of carbonyl (C=O) groups excluding carboxylic acids is 2. The molecule has 0 aromatic carbocycles. The highest BCUT2D eigenvalue weighted by Crippen LogP contribution is 2.30. The van der Waals surface area contributed by atoms with E-state index in [-0.39, 0.29) is 11.6 Å². The number of rotatable bonds is 11. The maximum atomic E-state index is 12.0. The maximum Gasteiger partial charge on any atom is 0.256 e. The number of carbonyl (C=O) groups is 2. The topological polar surface area (TPSA) is 69.8 Å². The van der Waals surface area contributed by atoms with Crippen LogP contribution in [0, 0.1) is 0 Å². The summed E-state index contributed by atoms with van der Waals surface area (Å²) in [7, 11) is 0. The van der Waals surface area contributed by atoms with Gasteiger partial charge in [-0.15, -0.1) is 0 Å². The van der Waals surface area contributed by atoms with Crippen LogP contribution in [0.2, 0.25) is 0 Å². The third-order valence-electron chi connectivity index (χ3n) is 4.40. The summed E-state index contributed by atoms with van der Waals surface area (Å²) >= 11 is 33.9. The van der Waals surface area contributed by atoms with E-state index in [1.54, 1.807) is 21.5 Å². The Bertz CT molecular complexity index is 783. The molecule has 0 amide bonds. The lowest BCUT2D eigenvalue weighted by Gasteiger charge is -2.12. The van der Waals surface area contributed by atoms with Gasteiger partial charge in [0.25, 0.3) is 7.59 Å². The molecule has 0 saturated carbocycles. The average molecular weight is 537 g/mol.